The molecule has 0 amide bonds. The van der Waals surface area contributed by atoms with Gasteiger partial charge in [0.2, 0.25) is 0 Å². The van der Waals surface area contributed by atoms with Gasteiger partial charge in [-0.05, 0) is 94.5 Å². The van der Waals surface area contributed by atoms with Crippen molar-refractivity contribution in [3.8, 4) is 39.1 Å². The van der Waals surface area contributed by atoms with Crippen molar-refractivity contribution in [2.24, 2.45) is 0 Å². The van der Waals surface area contributed by atoms with Crippen LogP contribution in [-0.4, -0.2) is 4.57 Å². The van der Waals surface area contributed by atoms with E-state index in [0.29, 0.717) is 0 Å². The van der Waals surface area contributed by atoms with Gasteiger partial charge in [-0.15, -0.1) is 0 Å². The minimum absolute atomic E-state index is 0.853. The van der Waals surface area contributed by atoms with E-state index in [1.807, 2.05) is 6.07 Å². The van der Waals surface area contributed by atoms with Crippen LogP contribution in [0.1, 0.15) is 0 Å². The van der Waals surface area contributed by atoms with E-state index < -0.39 is 0 Å². The Kier molecular flexibility index (Phi) is 7.82. The summed E-state index contributed by atoms with van der Waals surface area (Å²) >= 11 is 0. The Morgan fingerprint density at radius 1 is 0.351 bits per heavy atom. The molecule has 0 bridgehead atoms. The van der Waals surface area contributed by atoms with Crippen LogP contribution in [0.25, 0.3) is 82.8 Å². The van der Waals surface area contributed by atoms with Crippen LogP contribution < -0.4 is 4.90 Å². The normalized spacial score (nSPS) is 11.5. The zero-order valence-electron chi connectivity index (χ0n) is 31.1. The highest BCUT2D eigenvalue weighted by Gasteiger charge is 2.25. The van der Waals surface area contributed by atoms with E-state index in [4.69, 9.17) is 4.42 Å². The third-order valence-corrected chi connectivity index (χ3v) is 11.2. The van der Waals surface area contributed by atoms with Crippen LogP contribution in [0, 0.1) is 0 Å². The van der Waals surface area contributed by atoms with Gasteiger partial charge in [0.1, 0.15) is 5.58 Å². The lowest BCUT2D eigenvalue weighted by Gasteiger charge is -2.28. The summed E-state index contributed by atoms with van der Waals surface area (Å²) < 4.78 is 9.26. The van der Waals surface area contributed by atoms with Gasteiger partial charge in [-0.2, -0.15) is 0 Å². The number of fused-ring (bicyclic) bond motifs is 6. The van der Waals surface area contributed by atoms with Gasteiger partial charge < -0.3 is 13.9 Å². The van der Waals surface area contributed by atoms with Gasteiger partial charge in [-0.3, -0.25) is 0 Å². The first-order valence-electron chi connectivity index (χ1n) is 19.4. The molecule has 0 aliphatic heterocycles. The minimum atomic E-state index is 0.853. The number of hydrogen-bond acceptors (Lipinski definition) is 2. The van der Waals surface area contributed by atoms with Crippen molar-refractivity contribution >= 4 is 60.8 Å². The number of para-hydroxylation sites is 3. The molecule has 0 aliphatic carbocycles. The first kappa shape index (κ1) is 32.8. The minimum Gasteiger partial charge on any atom is -0.454 e. The van der Waals surface area contributed by atoms with Gasteiger partial charge in [-0.25, -0.2) is 0 Å². The molecule has 0 spiro atoms. The molecule has 0 N–H and O–H groups in total. The zero-order valence-corrected chi connectivity index (χ0v) is 31.1. The Balaban J connectivity index is 1.13. The third kappa shape index (κ3) is 5.60. The molecule has 11 aromatic rings. The molecule has 0 radical (unpaired) electrons. The number of hydrogen-bond donors (Lipinski definition) is 0. The van der Waals surface area contributed by atoms with Crippen molar-refractivity contribution in [3.05, 3.63) is 218 Å². The number of benzene rings is 9. The van der Waals surface area contributed by atoms with Gasteiger partial charge in [0.15, 0.2) is 5.58 Å². The number of furan rings is 1. The Labute approximate surface area is 330 Å². The molecule has 0 saturated heterocycles. The molecule has 2 aromatic heterocycles. The second-order valence-corrected chi connectivity index (χ2v) is 14.5. The SMILES string of the molecule is c1ccc(-c2ccc(N(c3ccccc3)c3c(-c4ccc5c(c4)c4ccccc4n5-c4ccc(-c5ccccc5)cc4)ccc4c3oc3ccccc34)cc2)cc1. The zero-order chi connectivity index (χ0) is 37.7. The number of rotatable bonds is 7. The van der Waals surface area contributed by atoms with Crippen LogP contribution in [0.3, 0.4) is 0 Å². The predicted octanol–water partition coefficient (Wildman–Crippen LogP) is 15.2. The van der Waals surface area contributed by atoms with Crippen LogP contribution in [0.15, 0.2) is 223 Å². The molecule has 3 nitrogen and oxygen atoms in total. The van der Waals surface area contributed by atoms with Gasteiger partial charge in [0.25, 0.3) is 0 Å². The van der Waals surface area contributed by atoms with E-state index in [1.54, 1.807) is 0 Å². The van der Waals surface area contributed by atoms with E-state index in [0.717, 1.165) is 61.3 Å². The molecule has 0 unspecified atom stereocenters. The highest BCUT2D eigenvalue weighted by molar-refractivity contribution is 6.15. The van der Waals surface area contributed by atoms with Crippen LogP contribution >= 0.6 is 0 Å². The Hall–Kier alpha value is -7.62. The standard InChI is InChI=1S/C54H36N2O/c1-4-14-37(15-5-1)39-24-29-43(30-25-39)55(42-18-8-3-9-19-42)53-45(33-34-48-47-21-11-13-23-52(47)57-54(48)53)41-28-35-51-49(36-41)46-20-10-12-22-50(46)56(51)44-31-26-40(27-32-44)38-16-6-2-7-17-38/h1-36H. The van der Waals surface area contributed by atoms with Gasteiger partial charge in [0, 0.05) is 44.2 Å². The summed E-state index contributed by atoms with van der Waals surface area (Å²) in [6.45, 7) is 0. The first-order valence-corrected chi connectivity index (χ1v) is 19.4. The lowest BCUT2D eigenvalue weighted by Crippen LogP contribution is -2.11. The fraction of sp³-hybridized carbons (Fsp3) is 0. The third-order valence-electron chi connectivity index (χ3n) is 11.2. The summed E-state index contributed by atoms with van der Waals surface area (Å²) in [5.41, 5.74) is 15.3. The van der Waals surface area contributed by atoms with E-state index >= 15 is 0 Å². The summed E-state index contributed by atoms with van der Waals surface area (Å²) in [6, 6.07) is 78.0. The number of anilines is 3. The summed E-state index contributed by atoms with van der Waals surface area (Å²) in [5.74, 6) is 0. The first-order chi connectivity index (χ1) is 28.3. The maximum absolute atomic E-state index is 6.88. The molecular formula is C54H36N2O. The van der Waals surface area contributed by atoms with Gasteiger partial charge in [0.05, 0.1) is 16.7 Å². The molecule has 0 saturated carbocycles. The molecule has 9 aromatic carbocycles. The maximum Gasteiger partial charge on any atom is 0.160 e. The van der Waals surface area contributed by atoms with Crippen molar-refractivity contribution in [2.75, 3.05) is 4.90 Å². The summed E-state index contributed by atoms with van der Waals surface area (Å²) in [6.07, 6.45) is 0. The summed E-state index contributed by atoms with van der Waals surface area (Å²) in [4.78, 5) is 2.36. The van der Waals surface area contributed by atoms with E-state index in [2.05, 4.69) is 222 Å². The fourth-order valence-electron chi connectivity index (χ4n) is 8.50. The maximum atomic E-state index is 6.88. The quantitative estimate of drug-likeness (QED) is 0.163. The highest BCUT2D eigenvalue weighted by Crippen LogP contribution is 2.48. The summed E-state index contributed by atoms with van der Waals surface area (Å²) in [5, 5.41) is 4.60. The average Bonchev–Trinajstić information content (AvgIpc) is 3.84. The second-order valence-electron chi connectivity index (χ2n) is 14.5. The Bertz CT molecular complexity index is 3200. The predicted molar refractivity (Wildman–Crippen MR) is 239 cm³/mol. The molecule has 0 aliphatic rings. The lowest BCUT2D eigenvalue weighted by atomic mass is 9.97. The monoisotopic (exact) mass is 728 g/mol. The van der Waals surface area contributed by atoms with Crippen molar-refractivity contribution < 1.29 is 4.42 Å². The van der Waals surface area contributed by atoms with Crippen molar-refractivity contribution in [1.29, 1.82) is 0 Å². The van der Waals surface area contributed by atoms with Crippen molar-refractivity contribution in [2.45, 2.75) is 0 Å². The van der Waals surface area contributed by atoms with Crippen LogP contribution in [-0.2, 0) is 0 Å². The largest absolute Gasteiger partial charge is 0.454 e. The lowest BCUT2D eigenvalue weighted by molar-refractivity contribution is 0.669. The summed E-state index contributed by atoms with van der Waals surface area (Å²) in [7, 11) is 0. The number of nitrogens with zero attached hydrogens (tertiary/aromatic N) is 2. The van der Waals surface area contributed by atoms with E-state index in [-0.39, 0.29) is 0 Å². The van der Waals surface area contributed by atoms with Crippen molar-refractivity contribution in [1.82, 2.24) is 4.57 Å². The molecule has 268 valence electrons. The molecule has 3 heteroatoms. The Morgan fingerprint density at radius 2 is 0.877 bits per heavy atom. The molecular weight excluding hydrogens is 693 g/mol. The smallest absolute Gasteiger partial charge is 0.160 e. The van der Waals surface area contributed by atoms with E-state index in [1.165, 1.54) is 38.5 Å². The van der Waals surface area contributed by atoms with Crippen LogP contribution in [0.2, 0.25) is 0 Å². The highest BCUT2D eigenvalue weighted by atomic mass is 16.3. The Morgan fingerprint density at radius 3 is 1.58 bits per heavy atom. The van der Waals surface area contributed by atoms with Crippen molar-refractivity contribution in [3.63, 3.8) is 0 Å². The van der Waals surface area contributed by atoms with Gasteiger partial charge in [-0.1, -0.05) is 152 Å². The molecule has 0 atom stereocenters. The average molecular weight is 729 g/mol. The molecule has 11 rings (SSSR count). The molecule has 57 heavy (non-hydrogen) atoms. The number of aromatic nitrogens is 1. The topological polar surface area (TPSA) is 21.3 Å². The fourth-order valence-corrected chi connectivity index (χ4v) is 8.50. The van der Waals surface area contributed by atoms with Crippen LogP contribution in [0.4, 0.5) is 17.1 Å². The van der Waals surface area contributed by atoms with E-state index in [9.17, 15) is 0 Å². The molecule has 2 heterocycles. The van der Waals surface area contributed by atoms with Gasteiger partial charge >= 0.3 is 0 Å². The van der Waals surface area contributed by atoms with Crippen LogP contribution in [0.5, 0.6) is 0 Å². The molecule has 0 fully saturated rings. The second kappa shape index (κ2) is 13.6.